The molecule has 0 aliphatic carbocycles. The molecule has 3 aromatic rings. The maximum Gasteiger partial charge on any atom is 0.257 e. The molecule has 0 saturated carbocycles. The van der Waals surface area contributed by atoms with Crippen molar-refractivity contribution in [2.45, 2.75) is 12.0 Å². The Morgan fingerprint density at radius 3 is 2.62 bits per heavy atom. The van der Waals surface area contributed by atoms with Crippen molar-refractivity contribution >= 4 is 11.8 Å². The van der Waals surface area contributed by atoms with E-state index in [2.05, 4.69) is 4.98 Å². The van der Waals surface area contributed by atoms with E-state index in [1.807, 2.05) is 36.4 Å². The lowest BCUT2D eigenvalue weighted by Gasteiger charge is -2.41. The van der Waals surface area contributed by atoms with E-state index in [4.69, 9.17) is 15.2 Å². The van der Waals surface area contributed by atoms with E-state index in [9.17, 15) is 9.59 Å². The number of pyridine rings is 1. The van der Waals surface area contributed by atoms with Crippen LogP contribution in [-0.4, -0.2) is 54.1 Å². The second kappa shape index (κ2) is 9.20. The third-order valence-corrected chi connectivity index (χ3v) is 5.69. The van der Waals surface area contributed by atoms with Crippen LogP contribution in [0.4, 0.5) is 0 Å². The zero-order chi connectivity index (χ0) is 22.6. The molecule has 1 aromatic heterocycles. The number of para-hydroxylation sites is 1. The molecule has 0 unspecified atom stereocenters. The lowest BCUT2D eigenvalue weighted by molar-refractivity contribution is -0.153. The lowest BCUT2D eigenvalue weighted by atomic mass is 9.90. The SMILES string of the molecule is COc1ccccc1C(=O)N1CCO[C@@](Cc2cccc(-c3ccncc3)c2)(C(N)=O)C1. The van der Waals surface area contributed by atoms with E-state index in [1.165, 1.54) is 7.11 Å². The second-order valence-corrected chi connectivity index (χ2v) is 7.75. The molecule has 1 fully saturated rings. The van der Waals surface area contributed by atoms with Crippen molar-refractivity contribution in [1.29, 1.82) is 0 Å². The van der Waals surface area contributed by atoms with Gasteiger partial charge in [0.1, 0.15) is 5.75 Å². The molecule has 2 N–H and O–H groups in total. The Morgan fingerprint density at radius 1 is 1.09 bits per heavy atom. The van der Waals surface area contributed by atoms with Crippen LogP contribution in [-0.2, 0) is 16.0 Å². The number of hydrogen-bond acceptors (Lipinski definition) is 5. The van der Waals surface area contributed by atoms with Crippen LogP contribution in [0, 0.1) is 0 Å². The maximum atomic E-state index is 13.2. The number of nitrogens with zero attached hydrogens (tertiary/aromatic N) is 2. The monoisotopic (exact) mass is 431 g/mol. The number of morpholine rings is 1. The maximum absolute atomic E-state index is 13.2. The van der Waals surface area contributed by atoms with Crippen LogP contribution in [0.1, 0.15) is 15.9 Å². The molecule has 164 valence electrons. The zero-order valence-electron chi connectivity index (χ0n) is 17.9. The van der Waals surface area contributed by atoms with Gasteiger partial charge in [0.15, 0.2) is 5.60 Å². The lowest BCUT2D eigenvalue weighted by Crippen LogP contribution is -2.61. The molecule has 4 rings (SSSR count). The van der Waals surface area contributed by atoms with Gasteiger partial charge in [-0.2, -0.15) is 0 Å². The standard InChI is InChI=1S/C25H25N3O4/c1-31-22-8-3-2-7-21(22)23(29)28-13-14-32-25(17-28,24(26)30)16-18-5-4-6-20(15-18)19-9-11-27-12-10-19/h2-12,15H,13-14,16-17H2,1H3,(H2,26,30)/t25-/m1/s1. The van der Waals surface area contributed by atoms with E-state index in [0.29, 0.717) is 17.9 Å². The summed E-state index contributed by atoms with van der Waals surface area (Å²) in [5.74, 6) is -0.329. The average Bonchev–Trinajstić information content (AvgIpc) is 2.84. The summed E-state index contributed by atoms with van der Waals surface area (Å²) in [6, 6.07) is 18.7. The van der Waals surface area contributed by atoms with Gasteiger partial charge in [-0.1, -0.05) is 36.4 Å². The van der Waals surface area contributed by atoms with E-state index >= 15 is 0 Å². The van der Waals surface area contributed by atoms with Gasteiger partial charge in [-0.3, -0.25) is 14.6 Å². The fourth-order valence-corrected chi connectivity index (χ4v) is 4.03. The molecule has 1 atom stereocenters. The highest BCUT2D eigenvalue weighted by Gasteiger charge is 2.44. The number of carbonyl (C=O) groups is 2. The fraction of sp³-hybridized carbons (Fsp3) is 0.240. The normalized spacial score (nSPS) is 18.2. The number of primary amides is 1. The van der Waals surface area contributed by atoms with Crippen LogP contribution < -0.4 is 10.5 Å². The number of methoxy groups -OCH3 is 1. The highest BCUT2D eigenvalue weighted by Crippen LogP contribution is 2.28. The molecule has 0 radical (unpaired) electrons. The molecule has 7 nitrogen and oxygen atoms in total. The van der Waals surface area contributed by atoms with Gasteiger partial charge in [-0.25, -0.2) is 0 Å². The number of carbonyl (C=O) groups excluding carboxylic acids is 2. The molecule has 1 saturated heterocycles. The summed E-state index contributed by atoms with van der Waals surface area (Å²) >= 11 is 0. The largest absolute Gasteiger partial charge is 0.496 e. The van der Waals surface area contributed by atoms with Gasteiger partial charge in [-0.05, 0) is 41.0 Å². The molecule has 32 heavy (non-hydrogen) atoms. The first-order valence-electron chi connectivity index (χ1n) is 10.4. The molecule has 0 bridgehead atoms. The average molecular weight is 431 g/mol. The predicted molar refractivity (Wildman–Crippen MR) is 120 cm³/mol. The van der Waals surface area contributed by atoms with E-state index in [-0.39, 0.29) is 25.5 Å². The number of hydrogen-bond donors (Lipinski definition) is 1. The molecule has 0 spiro atoms. The summed E-state index contributed by atoms with van der Waals surface area (Å²) in [6.45, 7) is 0.648. The van der Waals surface area contributed by atoms with Crippen molar-refractivity contribution < 1.29 is 19.1 Å². The van der Waals surface area contributed by atoms with Crippen molar-refractivity contribution in [2.75, 3.05) is 26.8 Å². The Morgan fingerprint density at radius 2 is 1.88 bits per heavy atom. The molecule has 1 aliphatic rings. The first kappa shape index (κ1) is 21.5. The number of ether oxygens (including phenoxy) is 2. The first-order chi connectivity index (χ1) is 15.5. The third-order valence-electron chi connectivity index (χ3n) is 5.69. The molecule has 2 amide bonds. The summed E-state index contributed by atoms with van der Waals surface area (Å²) < 4.78 is 11.3. The smallest absolute Gasteiger partial charge is 0.257 e. The minimum atomic E-state index is -1.31. The number of nitrogens with two attached hydrogens (primary N) is 1. The zero-order valence-corrected chi connectivity index (χ0v) is 17.9. The van der Waals surface area contributed by atoms with E-state index in [0.717, 1.165) is 16.7 Å². The van der Waals surface area contributed by atoms with Crippen LogP contribution >= 0.6 is 0 Å². The molecule has 2 aromatic carbocycles. The van der Waals surface area contributed by atoms with Gasteiger partial charge < -0.3 is 20.1 Å². The van der Waals surface area contributed by atoms with Crippen molar-refractivity contribution in [3.63, 3.8) is 0 Å². The topological polar surface area (TPSA) is 94.8 Å². The van der Waals surface area contributed by atoms with Crippen LogP contribution in [0.15, 0.2) is 73.1 Å². The Bertz CT molecular complexity index is 1120. The Kier molecular flexibility index (Phi) is 6.18. The van der Waals surface area contributed by atoms with Gasteiger partial charge in [0, 0.05) is 25.4 Å². The van der Waals surface area contributed by atoms with Crippen molar-refractivity contribution in [1.82, 2.24) is 9.88 Å². The predicted octanol–water partition coefficient (Wildman–Crippen LogP) is 2.70. The van der Waals surface area contributed by atoms with Crippen molar-refractivity contribution in [2.24, 2.45) is 5.73 Å². The van der Waals surface area contributed by atoms with Crippen LogP contribution in [0.25, 0.3) is 11.1 Å². The third kappa shape index (κ3) is 4.33. The minimum absolute atomic E-state index is 0.0682. The Balaban J connectivity index is 1.60. The minimum Gasteiger partial charge on any atom is -0.496 e. The van der Waals surface area contributed by atoms with Crippen LogP contribution in [0.3, 0.4) is 0 Å². The van der Waals surface area contributed by atoms with Gasteiger partial charge >= 0.3 is 0 Å². The summed E-state index contributed by atoms with van der Waals surface area (Å²) in [5.41, 5.74) is 7.86. The Labute approximate surface area is 186 Å². The summed E-state index contributed by atoms with van der Waals surface area (Å²) in [6.07, 6.45) is 3.73. The molecule has 1 aliphatic heterocycles. The van der Waals surface area contributed by atoms with E-state index in [1.54, 1.807) is 41.6 Å². The van der Waals surface area contributed by atoms with Crippen molar-refractivity contribution in [3.05, 3.63) is 84.2 Å². The molecule has 2 heterocycles. The summed E-state index contributed by atoms with van der Waals surface area (Å²) in [4.78, 5) is 31.5. The van der Waals surface area contributed by atoms with Gasteiger partial charge in [-0.15, -0.1) is 0 Å². The number of aromatic nitrogens is 1. The number of rotatable bonds is 6. The molecule has 7 heteroatoms. The second-order valence-electron chi connectivity index (χ2n) is 7.75. The summed E-state index contributed by atoms with van der Waals surface area (Å²) in [7, 11) is 1.52. The van der Waals surface area contributed by atoms with Crippen LogP contribution in [0.5, 0.6) is 5.75 Å². The van der Waals surface area contributed by atoms with Gasteiger partial charge in [0.05, 0.1) is 25.8 Å². The van der Waals surface area contributed by atoms with Crippen molar-refractivity contribution in [3.8, 4) is 16.9 Å². The summed E-state index contributed by atoms with van der Waals surface area (Å²) in [5, 5.41) is 0. The number of benzene rings is 2. The quantitative estimate of drug-likeness (QED) is 0.648. The highest BCUT2D eigenvalue weighted by atomic mass is 16.5. The van der Waals surface area contributed by atoms with Gasteiger partial charge in [0.2, 0.25) is 0 Å². The van der Waals surface area contributed by atoms with Crippen LogP contribution in [0.2, 0.25) is 0 Å². The highest BCUT2D eigenvalue weighted by molar-refractivity contribution is 5.97. The molecular weight excluding hydrogens is 406 g/mol. The number of amides is 2. The van der Waals surface area contributed by atoms with E-state index < -0.39 is 11.5 Å². The molecular formula is C25H25N3O4. The van der Waals surface area contributed by atoms with Gasteiger partial charge in [0.25, 0.3) is 11.8 Å². The Hall–Kier alpha value is -3.71. The first-order valence-corrected chi connectivity index (χ1v) is 10.4. The fourth-order valence-electron chi connectivity index (χ4n) is 4.03.